The molecule has 1 fully saturated rings. The minimum absolute atomic E-state index is 0.0542. The number of rotatable bonds is 14. The number of benzene rings is 2. The molecule has 6 amide bonds. The van der Waals surface area contributed by atoms with Gasteiger partial charge in [0, 0.05) is 56.1 Å². The predicted octanol–water partition coefficient (Wildman–Crippen LogP) is 3.47. The van der Waals surface area contributed by atoms with Crippen molar-refractivity contribution in [3.05, 3.63) is 89.9 Å². The third-order valence-corrected chi connectivity index (χ3v) is 8.45. The molecular weight excluding hydrogens is 674 g/mol. The molecule has 3 aromatic rings. The largest absolute Gasteiger partial charge is 0.355 e. The van der Waals surface area contributed by atoms with Gasteiger partial charge in [0.15, 0.2) is 5.82 Å². The Morgan fingerprint density at radius 1 is 0.904 bits per heavy atom. The standard InChI is InChI=1S/C37H46F2N8O5/c1-37(2,3)23-43-32(48)20-30(45-36(52)47-17-13-25(14-18-47)33(49)46-31-22-40-15-16-41-31)35(51)44-29(12-9-24-7-5-4-6-8-24)34(50)42-21-26-10-11-27(38)19-28(26)39/h4-8,10-11,15-16,19,22,25,29-30H,9,12-14,17-18,20-21,23H2,1-3H3,(H,42,50)(H,43,48)(H,44,51)(H,45,52)(H,41,46,49)/t29-,30-/m0/s1. The van der Waals surface area contributed by atoms with Gasteiger partial charge < -0.3 is 31.5 Å². The van der Waals surface area contributed by atoms with Gasteiger partial charge in [-0.3, -0.25) is 24.2 Å². The number of nitrogens with zero attached hydrogens (tertiary/aromatic N) is 3. The van der Waals surface area contributed by atoms with E-state index in [1.807, 2.05) is 51.1 Å². The molecule has 0 saturated carbocycles. The summed E-state index contributed by atoms with van der Waals surface area (Å²) < 4.78 is 27.7. The van der Waals surface area contributed by atoms with Crippen LogP contribution in [0.3, 0.4) is 0 Å². The lowest BCUT2D eigenvalue weighted by molar-refractivity contribution is -0.131. The molecule has 5 N–H and O–H groups in total. The maximum absolute atomic E-state index is 14.3. The van der Waals surface area contributed by atoms with Crippen molar-refractivity contribution >= 4 is 35.5 Å². The number of amides is 6. The summed E-state index contributed by atoms with van der Waals surface area (Å²) >= 11 is 0. The van der Waals surface area contributed by atoms with Crippen molar-refractivity contribution in [2.75, 3.05) is 25.0 Å². The molecule has 52 heavy (non-hydrogen) atoms. The van der Waals surface area contributed by atoms with Crippen LogP contribution in [0.15, 0.2) is 67.1 Å². The van der Waals surface area contributed by atoms with Gasteiger partial charge >= 0.3 is 6.03 Å². The summed E-state index contributed by atoms with van der Waals surface area (Å²) in [7, 11) is 0. The van der Waals surface area contributed by atoms with Gasteiger partial charge in [0.25, 0.3) is 0 Å². The van der Waals surface area contributed by atoms with Gasteiger partial charge in [-0.2, -0.15) is 0 Å². The van der Waals surface area contributed by atoms with E-state index < -0.39 is 53.9 Å². The predicted molar refractivity (Wildman–Crippen MR) is 189 cm³/mol. The van der Waals surface area contributed by atoms with Crippen LogP contribution in [0.4, 0.5) is 19.4 Å². The van der Waals surface area contributed by atoms with Gasteiger partial charge in [0.2, 0.25) is 23.6 Å². The van der Waals surface area contributed by atoms with Crippen molar-refractivity contribution in [2.45, 2.75) is 71.5 Å². The number of halogens is 2. The van der Waals surface area contributed by atoms with Crippen LogP contribution in [0.2, 0.25) is 0 Å². The number of hydrogen-bond donors (Lipinski definition) is 5. The van der Waals surface area contributed by atoms with Crippen molar-refractivity contribution in [1.82, 2.24) is 36.1 Å². The molecule has 0 radical (unpaired) electrons. The number of carbonyl (C=O) groups is 5. The summed E-state index contributed by atoms with van der Waals surface area (Å²) in [5.41, 5.74) is 0.711. The van der Waals surface area contributed by atoms with Crippen molar-refractivity contribution in [3.8, 4) is 0 Å². The normalized spacial score (nSPS) is 14.4. The minimum Gasteiger partial charge on any atom is -0.355 e. The fourth-order valence-electron chi connectivity index (χ4n) is 5.48. The Kier molecular flexibility index (Phi) is 14.1. The zero-order valence-corrected chi connectivity index (χ0v) is 29.6. The third kappa shape index (κ3) is 12.7. The molecule has 0 bridgehead atoms. The van der Waals surface area contributed by atoms with Crippen LogP contribution in [-0.4, -0.2) is 76.2 Å². The van der Waals surface area contributed by atoms with Crippen LogP contribution >= 0.6 is 0 Å². The van der Waals surface area contributed by atoms with Crippen LogP contribution in [0, 0.1) is 23.0 Å². The highest BCUT2D eigenvalue weighted by Gasteiger charge is 2.33. The van der Waals surface area contributed by atoms with Crippen molar-refractivity contribution in [1.29, 1.82) is 0 Å². The molecule has 0 spiro atoms. The quantitative estimate of drug-likeness (QED) is 0.170. The fraction of sp³-hybridized carbons (Fsp3) is 0.432. The molecule has 1 aliphatic rings. The number of hydrogen-bond acceptors (Lipinski definition) is 7. The highest BCUT2D eigenvalue weighted by Crippen LogP contribution is 2.19. The van der Waals surface area contributed by atoms with Gasteiger partial charge in [0.05, 0.1) is 12.6 Å². The van der Waals surface area contributed by atoms with Crippen LogP contribution < -0.4 is 26.6 Å². The van der Waals surface area contributed by atoms with E-state index in [0.717, 1.165) is 11.6 Å². The maximum atomic E-state index is 14.3. The summed E-state index contributed by atoms with van der Waals surface area (Å²) in [6.07, 6.45) is 5.25. The van der Waals surface area contributed by atoms with Crippen LogP contribution in [0.5, 0.6) is 0 Å². The van der Waals surface area contributed by atoms with Crippen LogP contribution in [-0.2, 0) is 32.1 Å². The third-order valence-electron chi connectivity index (χ3n) is 8.45. The lowest BCUT2D eigenvalue weighted by atomic mass is 9.96. The molecule has 15 heteroatoms. The minimum atomic E-state index is -1.35. The molecule has 0 aliphatic carbocycles. The molecule has 2 atom stereocenters. The van der Waals surface area contributed by atoms with Gasteiger partial charge in [-0.25, -0.2) is 18.6 Å². The number of piperidine rings is 1. The fourth-order valence-corrected chi connectivity index (χ4v) is 5.48. The summed E-state index contributed by atoms with van der Waals surface area (Å²) in [6, 6.07) is 9.20. The van der Waals surface area contributed by atoms with Crippen LogP contribution in [0.25, 0.3) is 0 Å². The molecule has 1 aliphatic heterocycles. The number of carbonyl (C=O) groups excluding carboxylic acids is 5. The first-order chi connectivity index (χ1) is 24.8. The van der Waals surface area contributed by atoms with E-state index in [1.165, 1.54) is 29.6 Å². The second-order valence-corrected chi connectivity index (χ2v) is 13.9. The number of aromatic nitrogens is 2. The molecule has 0 unspecified atom stereocenters. The second-order valence-electron chi connectivity index (χ2n) is 13.9. The number of anilines is 1. The molecular formula is C37H46F2N8O5. The molecule has 2 aromatic carbocycles. The van der Waals surface area contributed by atoms with E-state index >= 15 is 0 Å². The summed E-state index contributed by atoms with van der Waals surface area (Å²) in [6.45, 7) is 6.30. The Hall–Kier alpha value is -5.47. The Balaban J connectivity index is 1.44. The van der Waals surface area contributed by atoms with Gasteiger partial charge in [-0.1, -0.05) is 57.2 Å². The first kappa shape index (κ1) is 39.3. The van der Waals surface area contributed by atoms with E-state index in [4.69, 9.17) is 0 Å². The highest BCUT2D eigenvalue weighted by atomic mass is 19.1. The number of nitrogens with one attached hydrogen (secondary N) is 5. The SMILES string of the molecule is CC(C)(C)CNC(=O)C[C@H](NC(=O)N1CCC(C(=O)Nc2cnccn2)CC1)C(=O)N[C@@H](CCc1ccccc1)C(=O)NCc1ccc(F)cc1F. The average Bonchev–Trinajstić information content (AvgIpc) is 3.12. The lowest BCUT2D eigenvalue weighted by Crippen LogP contribution is -2.57. The lowest BCUT2D eigenvalue weighted by Gasteiger charge is -2.32. The smallest absolute Gasteiger partial charge is 0.318 e. The second kappa shape index (κ2) is 18.7. The molecule has 1 aromatic heterocycles. The number of likely N-dealkylation sites (tertiary alicyclic amines) is 1. The molecule has 1 saturated heterocycles. The molecule has 4 rings (SSSR count). The molecule has 278 valence electrons. The number of aryl methyl sites for hydroxylation is 1. The maximum Gasteiger partial charge on any atom is 0.318 e. The van der Waals surface area contributed by atoms with Crippen molar-refractivity contribution < 1.29 is 32.8 Å². The first-order valence-corrected chi connectivity index (χ1v) is 17.2. The van der Waals surface area contributed by atoms with Crippen LogP contribution in [0.1, 0.15) is 57.6 Å². The highest BCUT2D eigenvalue weighted by molar-refractivity contribution is 5.95. The van der Waals surface area contributed by atoms with E-state index in [-0.39, 0.29) is 48.9 Å². The average molecular weight is 721 g/mol. The summed E-state index contributed by atoms with van der Waals surface area (Å²) in [5.74, 6) is -3.75. The Labute approximate surface area is 301 Å². The Bertz CT molecular complexity index is 1680. The summed E-state index contributed by atoms with van der Waals surface area (Å²) in [4.78, 5) is 76.0. The first-order valence-electron chi connectivity index (χ1n) is 17.2. The zero-order valence-electron chi connectivity index (χ0n) is 29.6. The zero-order chi connectivity index (χ0) is 37.7. The molecule has 13 nitrogen and oxygen atoms in total. The van der Waals surface area contributed by atoms with Crippen molar-refractivity contribution in [3.63, 3.8) is 0 Å². The Morgan fingerprint density at radius 3 is 2.29 bits per heavy atom. The van der Waals surface area contributed by atoms with Gasteiger partial charge in [-0.15, -0.1) is 0 Å². The summed E-state index contributed by atoms with van der Waals surface area (Å²) in [5, 5.41) is 13.5. The van der Waals surface area contributed by atoms with Gasteiger partial charge in [-0.05, 0) is 42.7 Å². The van der Waals surface area contributed by atoms with Gasteiger partial charge in [0.1, 0.15) is 23.7 Å². The topological polar surface area (TPSA) is 175 Å². The Morgan fingerprint density at radius 2 is 1.63 bits per heavy atom. The number of urea groups is 1. The van der Waals surface area contributed by atoms with Crippen molar-refractivity contribution in [2.24, 2.45) is 11.3 Å². The van der Waals surface area contributed by atoms with E-state index in [1.54, 1.807) is 0 Å². The van der Waals surface area contributed by atoms with E-state index in [2.05, 4.69) is 36.6 Å². The monoisotopic (exact) mass is 720 g/mol. The molecule has 2 heterocycles. The van der Waals surface area contributed by atoms with E-state index in [0.29, 0.717) is 37.7 Å². The van der Waals surface area contributed by atoms with E-state index in [9.17, 15) is 32.8 Å².